The molecule has 0 saturated carbocycles. The van der Waals surface area contributed by atoms with Crippen molar-refractivity contribution in [1.82, 2.24) is 5.43 Å². The van der Waals surface area contributed by atoms with E-state index >= 15 is 0 Å². The number of hydrazone groups is 1. The number of ether oxygens (including phenoxy) is 1. The van der Waals surface area contributed by atoms with Crippen molar-refractivity contribution in [2.45, 2.75) is 6.92 Å². The number of hydrogen-bond acceptors (Lipinski definition) is 3. The molecule has 0 atom stereocenters. The molecule has 0 heterocycles. The molecule has 0 aliphatic carbocycles. The van der Waals surface area contributed by atoms with E-state index in [1.54, 1.807) is 6.92 Å². The summed E-state index contributed by atoms with van der Waals surface area (Å²) in [5, 5.41) is 3.43. The number of halogens is 1. The van der Waals surface area contributed by atoms with Crippen LogP contribution in [0.2, 0.25) is 0 Å². The molecular weight excluding hydrogens is 156 g/mol. The Morgan fingerprint density at radius 2 is 2.60 bits per heavy atom. The fourth-order valence-electron chi connectivity index (χ4n) is 0.296. The Morgan fingerprint density at radius 1 is 1.90 bits per heavy atom. The molecule has 1 amide bonds. The maximum absolute atomic E-state index is 10.4. The van der Waals surface area contributed by atoms with Crippen molar-refractivity contribution in [3.8, 4) is 0 Å². The lowest BCUT2D eigenvalue weighted by Gasteiger charge is -1.97. The van der Waals surface area contributed by atoms with Crippen LogP contribution in [0, 0.1) is 0 Å². The lowest BCUT2D eigenvalue weighted by Crippen LogP contribution is -2.18. The summed E-state index contributed by atoms with van der Waals surface area (Å²) in [6.07, 6.45) is 0.794. The first kappa shape index (κ1) is 9.23. The van der Waals surface area contributed by atoms with Gasteiger partial charge in [-0.25, -0.2) is 10.2 Å². The monoisotopic (exact) mass is 164 g/mol. The van der Waals surface area contributed by atoms with Gasteiger partial charge < -0.3 is 4.74 Å². The van der Waals surface area contributed by atoms with E-state index in [-0.39, 0.29) is 5.88 Å². The van der Waals surface area contributed by atoms with Gasteiger partial charge in [0.25, 0.3) is 0 Å². The van der Waals surface area contributed by atoms with E-state index < -0.39 is 6.09 Å². The molecule has 58 valence electrons. The van der Waals surface area contributed by atoms with Gasteiger partial charge in [-0.1, -0.05) is 0 Å². The molecule has 0 aromatic heterocycles. The fraction of sp³-hybridized carbons (Fsp3) is 0.600. The predicted molar refractivity (Wildman–Crippen MR) is 39.4 cm³/mol. The van der Waals surface area contributed by atoms with Gasteiger partial charge >= 0.3 is 6.09 Å². The predicted octanol–water partition coefficient (Wildman–Crippen LogP) is 0.957. The Kier molecular flexibility index (Phi) is 5.86. The van der Waals surface area contributed by atoms with Crippen molar-refractivity contribution in [2.24, 2.45) is 5.10 Å². The zero-order valence-corrected chi connectivity index (χ0v) is 6.39. The smallest absolute Gasteiger partial charge is 0.427 e. The summed E-state index contributed by atoms with van der Waals surface area (Å²) in [4.78, 5) is 10.4. The maximum Gasteiger partial charge on any atom is 0.427 e. The van der Waals surface area contributed by atoms with Gasteiger partial charge in [-0.3, -0.25) is 0 Å². The highest BCUT2D eigenvalue weighted by Gasteiger charge is 1.93. The Hall–Kier alpha value is -0.770. The molecule has 0 unspecified atom stereocenters. The van der Waals surface area contributed by atoms with Gasteiger partial charge in [0.15, 0.2) is 0 Å². The van der Waals surface area contributed by atoms with Crippen molar-refractivity contribution in [2.75, 3.05) is 12.5 Å². The SMILES string of the molecule is CCOC(=O)N/N=C\CCl. The van der Waals surface area contributed by atoms with Crippen LogP contribution < -0.4 is 5.43 Å². The highest BCUT2D eigenvalue weighted by atomic mass is 35.5. The van der Waals surface area contributed by atoms with E-state index in [0.29, 0.717) is 6.61 Å². The molecule has 0 radical (unpaired) electrons. The third-order valence-corrected chi connectivity index (χ3v) is 0.730. The van der Waals surface area contributed by atoms with E-state index in [9.17, 15) is 4.79 Å². The zero-order chi connectivity index (χ0) is 7.82. The molecule has 1 N–H and O–H groups in total. The molecule has 0 spiro atoms. The van der Waals surface area contributed by atoms with Crippen molar-refractivity contribution in [1.29, 1.82) is 0 Å². The number of nitrogens with zero attached hydrogens (tertiary/aromatic N) is 1. The van der Waals surface area contributed by atoms with E-state index in [2.05, 4.69) is 15.3 Å². The Labute approximate surface area is 64.2 Å². The molecule has 5 heteroatoms. The van der Waals surface area contributed by atoms with E-state index in [0.717, 1.165) is 0 Å². The van der Waals surface area contributed by atoms with Crippen LogP contribution in [0.5, 0.6) is 0 Å². The third-order valence-electron chi connectivity index (χ3n) is 0.592. The summed E-state index contributed by atoms with van der Waals surface area (Å²) in [5.41, 5.74) is 2.11. The fourth-order valence-corrected chi connectivity index (χ4v) is 0.365. The van der Waals surface area contributed by atoms with Crippen LogP contribution in [0.15, 0.2) is 5.10 Å². The number of hydrogen-bond donors (Lipinski definition) is 1. The minimum absolute atomic E-state index is 0.270. The van der Waals surface area contributed by atoms with Gasteiger partial charge in [-0.2, -0.15) is 5.10 Å². The average Bonchev–Trinajstić information content (AvgIpc) is 1.89. The Morgan fingerprint density at radius 3 is 3.10 bits per heavy atom. The lowest BCUT2D eigenvalue weighted by molar-refractivity contribution is 0.152. The molecule has 10 heavy (non-hydrogen) atoms. The van der Waals surface area contributed by atoms with Crippen LogP contribution in [0.3, 0.4) is 0 Å². The highest BCUT2D eigenvalue weighted by molar-refractivity contribution is 6.24. The van der Waals surface area contributed by atoms with Gasteiger partial charge in [0.05, 0.1) is 12.5 Å². The van der Waals surface area contributed by atoms with Gasteiger partial charge in [-0.15, -0.1) is 11.6 Å². The molecule has 0 aromatic rings. The minimum Gasteiger partial charge on any atom is -0.449 e. The Balaban J connectivity index is 3.30. The normalized spacial score (nSPS) is 9.80. The zero-order valence-electron chi connectivity index (χ0n) is 5.63. The standard InChI is InChI=1S/C5H9ClN2O2/c1-2-10-5(9)8-7-4-3-6/h4H,2-3H2,1H3,(H,8,9)/b7-4-. The van der Waals surface area contributed by atoms with Gasteiger partial charge in [0, 0.05) is 6.21 Å². The molecule has 0 saturated heterocycles. The molecule has 0 fully saturated rings. The van der Waals surface area contributed by atoms with Crippen LogP contribution in [0.25, 0.3) is 0 Å². The topological polar surface area (TPSA) is 50.7 Å². The average molecular weight is 165 g/mol. The summed E-state index contributed by atoms with van der Waals surface area (Å²) in [6.45, 7) is 2.05. The molecule has 0 rings (SSSR count). The second-order valence-electron chi connectivity index (χ2n) is 1.30. The van der Waals surface area contributed by atoms with Crippen molar-refractivity contribution in [3.63, 3.8) is 0 Å². The number of amides is 1. The molecule has 0 aliphatic heterocycles. The highest BCUT2D eigenvalue weighted by Crippen LogP contribution is 1.75. The molecule has 4 nitrogen and oxygen atoms in total. The molecule has 0 aromatic carbocycles. The first-order valence-electron chi connectivity index (χ1n) is 2.81. The van der Waals surface area contributed by atoms with Gasteiger partial charge in [0.1, 0.15) is 0 Å². The largest absolute Gasteiger partial charge is 0.449 e. The number of rotatable bonds is 3. The summed E-state index contributed by atoms with van der Waals surface area (Å²) < 4.78 is 4.48. The second kappa shape index (κ2) is 6.35. The molecule has 0 bridgehead atoms. The van der Waals surface area contributed by atoms with E-state index in [1.165, 1.54) is 6.21 Å². The van der Waals surface area contributed by atoms with Crippen LogP contribution >= 0.6 is 11.6 Å². The van der Waals surface area contributed by atoms with Gasteiger partial charge in [0.2, 0.25) is 0 Å². The lowest BCUT2D eigenvalue weighted by atomic mass is 10.9. The first-order valence-corrected chi connectivity index (χ1v) is 3.35. The minimum atomic E-state index is -0.566. The van der Waals surface area contributed by atoms with Crippen LogP contribution in [-0.4, -0.2) is 24.8 Å². The van der Waals surface area contributed by atoms with E-state index in [4.69, 9.17) is 11.6 Å². The molecule has 0 aliphatic rings. The number of carbonyl (C=O) groups is 1. The van der Waals surface area contributed by atoms with Crippen LogP contribution in [0.1, 0.15) is 6.92 Å². The van der Waals surface area contributed by atoms with E-state index in [1.807, 2.05) is 0 Å². The summed E-state index contributed by atoms with van der Waals surface area (Å²) >= 11 is 5.22. The Bertz CT molecular complexity index is 127. The third kappa shape index (κ3) is 5.37. The maximum atomic E-state index is 10.4. The molecular formula is C5H9ClN2O2. The summed E-state index contributed by atoms with van der Waals surface area (Å²) in [5.74, 6) is 0.270. The summed E-state index contributed by atoms with van der Waals surface area (Å²) in [6, 6.07) is 0. The van der Waals surface area contributed by atoms with Crippen molar-refractivity contribution >= 4 is 23.9 Å². The van der Waals surface area contributed by atoms with Crippen LogP contribution in [0.4, 0.5) is 4.79 Å². The number of alkyl halides is 1. The quantitative estimate of drug-likeness (QED) is 0.384. The summed E-state index contributed by atoms with van der Waals surface area (Å²) in [7, 11) is 0. The first-order chi connectivity index (χ1) is 4.81. The van der Waals surface area contributed by atoms with Crippen molar-refractivity contribution < 1.29 is 9.53 Å². The van der Waals surface area contributed by atoms with Crippen molar-refractivity contribution in [3.05, 3.63) is 0 Å². The van der Waals surface area contributed by atoms with Gasteiger partial charge in [-0.05, 0) is 6.92 Å². The van der Waals surface area contributed by atoms with Crippen LogP contribution in [-0.2, 0) is 4.74 Å². The number of carbonyl (C=O) groups excluding carboxylic acids is 1. The number of nitrogens with one attached hydrogen (secondary N) is 1. The second-order valence-corrected chi connectivity index (χ2v) is 1.61.